The summed E-state index contributed by atoms with van der Waals surface area (Å²) in [7, 11) is 1.27. The van der Waals surface area contributed by atoms with Gasteiger partial charge < -0.3 is 20.3 Å². The number of carbonyl (C=O) groups is 1. The second-order valence-corrected chi connectivity index (χ2v) is 2.59. The average molecular weight is 197 g/mol. The standard InChI is InChI=1S/C9H11NO4/c1-13-9(12)5-14-8-3-2-6(11)4-7(8)10/h2-4,11H,5,10H2,1H3. The van der Waals surface area contributed by atoms with E-state index in [4.69, 9.17) is 15.6 Å². The number of phenolic OH excluding ortho intramolecular Hbond substituents is 1. The Hall–Kier alpha value is -1.91. The molecule has 0 unspecified atom stereocenters. The monoisotopic (exact) mass is 197 g/mol. The molecule has 14 heavy (non-hydrogen) atoms. The second-order valence-electron chi connectivity index (χ2n) is 2.59. The lowest BCUT2D eigenvalue weighted by Crippen LogP contribution is -2.13. The highest BCUT2D eigenvalue weighted by Crippen LogP contribution is 2.25. The fourth-order valence-corrected chi connectivity index (χ4v) is 0.863. The van der Waals surface area contributed by atoms with Crippen molar-refractivity contribution < 1.29 is 19.4 Å². The maximum absolute atomic E-state index is 10.7. The third-order valence-corrected chi connectivity index (χ3v) is 1.57. The molecule has 1 aromatic carbocycles. The summed E-state index contributed by atoms with van der Waals surface area (Å²) in [6.45, 7) is -0.203. The number of benzene rings is 1. The first-order valence-corrected chi connectivity index (χ1v) is 3.91. The summed E-state index contributed by atoms with van der Waals surface area (Å²) in [5.74, 6) is -0.0985. The molecule has 3 N–H and O–H groups in total. The number of nitrogens with two attached hydrogens (primary N) is 1. The van der Waals surface area contributed by atoms with Crippen LogP contribution in [0.25, 0.3) is 0 Å². The first-order valence-electron chi connectivity index (χ1n) is 3.91. The molecule has 0 aromatic heterocycles. The van der Waals surface area contributed by atoms with E-state index in [-0.39, 0.29) is 18.0 Å². The third-order valence-electron chi connectivity index (χ3n) is 1.57. The minimum absolute atomic E-state index is 0.0490. The molecule has 76 valence electrons. The number of hydrogen-bond donors (Lipinski definition) is 2. The lowest BCUT2D eigenvalue weighted by atomic mass is 10.3. The van der Waals surface area contributed by atoms with Crippen LogP contribution < -0.4 is 10.5 Å². The van der Waals surface area contributed by atoms with E-state index < -0.39 is 5.97 Å². The fraction of sp³-hybridized carbons (Fsp3) is 0.222. The molecule has 5 heteroatoms. The molecule has 0 aliphatic rings. The number of rotatable bonds is 3. The molecule has 0 amide bonds. The minimum atomic E-state index is -0.488. The van der Waals surface area contributed by atoms with Crippen molar-refractivity contribution >= 4 is 11.7 Å². The van der Waals surface area contributed by atoms with Gasteiger partial charge in [0.2, 0.25) is 0 Å². The fourth-order valence-electron chi connectivity index (χ4n) is 0.863. The molecular weight excluding hydrogens is 186 g/mol. The molecule has 0 radical (unpaired) electrons. The van der Waals surface area contributed by atoms with Gasteiger partial charge in [0.1, 0.15) is 11.5 Å². The van der Waals surface area contributed by atoms with Crippen LogP contribution in [-0.4, -0.2) is 24.8 Å². The zero-order valence-electron chi connectivity index (χ0n) is 7.69. The molecule has 0 atom stereocenters. The number of methoxy groups -OCH3 is 1. The Kier molecular flexibility index (Phi) is 3.17. The Balaban J connectivity index is 2.63. The molecule has 0 heterocycles. The van der Waals surface area contributed by atoms with Crippen LogP contribution in [0.2, 0.25) is 0 Å². The van der Waals surface area contributed by atoms with E-state index in [1.54, 1.807) is 0 Å². The second kappa shape index (κ2) is 4.36. The van der Waals surface area contributed by atoms with Crippen molar-refractivity contribution in [1.29, 1.82) is 0 Å². The van der Waals surface area contributed by atoms with E-state index in [1.165, 1.54) is 25.3 Å². The molecule has 0 aliphatic carbocycles. The summed E-state index contributed by atoms with van der Waals surface area (Å²) in [5, 5.41) is 9.03. The summed E-state index contributed by atoms with van der Waals surface area (Å²) in [4.78, 5) is 10.7. The molecule has 0 fully saturated rings. The lowest BCUT2D eigenvalue weighted by molar-refractivity contribution is -0.142. The molecule has 0 saturated heterocycles. The molecule has 1 rings (SSSR count). The van der Waals surface area contributed by atoms with E-state index in [1.807, 2.05) is 0 Å². The Bertz CT molecular complexity index is 338. The van der Waals surface area contributed by atoms with Gasteiger partial charge in [-0.25, -0.2) is 4.79 Å². The van der Waals surface area contributed by atoms with Gasteiger partial charge in [-0.1, -0.05) is 0 Å². The number of phenols is 1. The van der Waals surface area contributed by atoms with E-state index >= 15 is 0 Å². The molecule has 5 nitrogen and oxygen atoms in total. The predicted octanol–water partition coefficient (Wildman–Crippen LogP) is 0.526. The van der Waals surface area contributed by atoms with Crippen molar-refractivity contribution in [2.45, 2.75) is 0 Å². The number of hydrogen-bond acceptors (Lipinski definition) is 5. The van der Waals surface area contributed by atoms with Crippen molar-refractivity contribution in [3.8, 4) is 11.5 Å². The van der Waals surface area contributed by atoms with Crippen molar-refractivity contribution in [2.24, 2.45) is 0 Å². The van der Waals surface area contributed by atoms with E-state index in [0.29, 0.717) is 5.75 Å². The van der Waals surface area contributed by atoms with Gasteiger partial charge >= 0.3 is 5.97 Å². The highest BCUT2D eigenvalue weighted by atomic mass is 16.6. The van der Waals surface area contributed by atoms with E-state index in [2.05, 4.69) is 4.74 Å². The summed E-state index contributed by atoms with van der Waals surface area (Å²) >= 11 is 0. The van der Waals surface area contributed by atoms with Crippen LogP contribution in [0.5, 0.6) is 11.5 Å². The highest BCUT2D eigenvalue weighted by Gasteiger charge is 2.05. The van der Waals surface area contributed by atoms with Crippen LogP contribution in [0.15, 0.2) is 18.2 Å². The van der Waals surface area contributed by atoms with Crippen LogP contribution in [-0.2, 0) is 9.53 Å². The minimum Gasteiger partial charge on any atom is -0.508 e. The van der Waals surface area contributed by atoms with Crippen LogP contribution in [0, 0.1) is 0 Å². The molecule has 0 saturated carbocycles. The van der Waals surface area contributed by atoms with Gasteiger partial charge in [0.15, 0.2) is 6.61 Å². The smallest absolute Gasteiger partial charge is 0.343 e. The van der Waals surface area contributed by atoms with Gasteiger partial charge in [-0.3, -0.25) is 0 Å². The van der Waals surface area contributed by atoms with E-state index in [9.17, 15) is 4.79 Å². The molecule has 0 bridgehead atoms. The Morgan fingerprint density at radius 3 is 2.86 bits per heavy atom. The maximum atomic E-state index is 10.7. The number of aromatic hydroxyl groups is 1. The van der Waals surface area contributed by atoms with Crippen LogP contribution in [0.1, 0.15) is 0 Å². The maximum Gasteiger partial charge on any atom is 0.343 e. The van der Waals surface area contributed by atoms with Crippen molar-refractivity contribution in [2.75, 3.05) is 19.5 Å². The Morgan fingerprint density at radius 1 is 1.57 bits per heavy atom. The highest BCUT2D eigenvalue weighted by molar-refractivity contribution is 5.71. The van der Waals surface area contributed by atoms with E-state index in [0.717, 1.165) is 0 Å². The molecule has 0 aliphatic heterocycles. The number of esters is 1. The summed E-state index contributed by atoms with van der Waals surface area (Å²) in [6, 6.07) is 4.24. The molecular formula is C9H11NO4. The number of anilines is 1. The summed E-state index contributed by atoms with van der Waals surface area (Å²) in [6.07, 6.45) is 0. The largest absolute Gasteiger partial charge is 0.508 e. The SMILES string of the molecule is COC(=O)COc1ccc(O)cc1N. The first-order chi connectivity index (χ1) is 6.63. The van der Waals surface area contributed by atoms with Crippen LogP contribution in [0.3, 0.4) is 0 Å². The lowest BCUT2D eigenvalue weighted by Gasteiger charge is -2.07. The van der Waals surface area contributed by atoms with Gasteiger partial charge in [-0.2, -0.15) is 0 Å². The third kappa shape index (κ3) is 2.55. The summed E-state index contributed by atoms with van der Waals surface area (Å²) in [5.41, 5.74) is 5.78. The first kappa shape index (κ1) is 10.2. The number of nitrogen functional groups attached to an aromatic ring is 1. The molecule has 0 spiro atoms. The zero-order chi connectivity index (χ0) is 10.6. The van der Waals surface area contributed by atoms with Crippen LogP contribution >= 0.6 is 0 Å². The number of carbonyl (C=O) groups excluding carboxylic acids is 1. The molecule has 1 aromatic rings. The van der Waals surface area contributed by atoms with Gasteiger partial charge in [0.25, 0.3) is 0 Å². The van der Waals surface area contributed by atoms with Crippen molar-refractivity contribution in [3.63, 3.8) is 0 Å². The normalized spacial score (nSPS) is 9.50. The van der Waals surface area contributed by atoms with Crippen molar-refractivity contribution in [1.82, 2.24) is 0 Å². The van der Waals surface area contributed by atoms with Crippen LogP contribution in [0.4, 0.5) is 5.69 Å². The van der Waals surface area contributed by atoms with Gasteiger partial charge in [-0.15, -0.1) is 0 Å². The van der Waals surface area contributed by atoms with Gasteiger partial charge in [0.05, 0.1) is 12.8 Å². The Morgan fingerprint density at radius 2 is 2.29 bits per heavy atom. The quantitative estimate of drug-likeness (QED) is 0.545. The van der Waals surface area contributed by atoms with Gasteiger partial charge in [0, 0.05) is 6.07 Å². The van der Waals surface area contributed by atoms with Gasteiger partial charge in [-0.05, 0) is 12.1 Å². The average Bonchev–Trinajstić information content (AvgIpc) is 2.16. The number of ether oxygens (including phenoxy) is 2. The summed E-state index contributed by atoms with van der Waals surface area (Å²) < 4.78 is 9.42. The van der Waals surface area contributed by atoms with Crippen molar-refractivity contribution in [3.05, 3.63) is 18.2 Å². The Labute approximate surface area is 81.0 Å². The predicted molar refractivity (Wildman–Crippen MR) is 50.0 cm³/mol. The topological polar surface area (TPSA) is 81.8 Å². The zero-order valence-corrected chi connectivity index (χ0v) is 7.69.